The van der Waals surface area contributed by atoms with Gasteiger partial charge in [0.15, 0.2) is 0 Å². The highest BCUT2D eigenvalue weighted by atomic mass is 16.5. The highest BCUT2D eigenvalue weighted by Crippen LogP contribution is 2.44. The van der Waals surface area contributed by atoms with Gasteiger partial charge in [-0.2, -0.15) is 0 Å². The summed E-state index contributed by atoms with van der Waals surface area (Å²) in [6, 6.07) is 15.8. The number of amides is 2. The molecule has 1 aliphatic carbocycles. The SMILES string of the molecule is CC[C@@H](CC(=O)NCc1cn(CC(=O)O)nn1)NC(=O)OCC1c2ccccc2-c2ccccc21. The van der Waals surface area contributed by atoms with E-state index in [-0.39, 0.29) is 37.9 Å². The first kappa shape index (κ1) is 23.9. The number of alkyl carbamates (subject to hydrolysis) is 1. The van der Waals surface area contributed by atoms with E-state index in [0.29, 0.717) is 12.1 Å². The molecule has 1 aromatic heterocycles. The number of nitrogens with one attached hydrogen (secondary N) is 2. The Kier molecular flexibility index (Phi) is 7.39. The molecule has 2 aromatic carbocycles. The molecule has 0 saturated heterocycles. The molecule has 0 unspecified atom stereocenters. The molecule has 0 fully saturated rings. The molecular formula is C25H27N5O5. The number of aliphatic carboxylic acids is 1. The van der Waals surface area contributed by atoms with Crippen LogP contribution < -0.4 is 10.6 Å². The average Bonchev–Trinajstić information content (AvgIpc) is 3.42. The fourth-order valence-electron chi connectivity index (χ4n) is 4.22. The first-order valence-electron chi connectivity index (χ1n) is 11.4. The fourth-order valence-corrected chi connectivity index (χ4v) is 4.22. The van der Waals surface area contributed by atoms with E-state index in [0.717, 1.165) is 22.3 Å². The van der Waals surface area contributed by atoms with Gasteiger partial charge in [-0.25, -0.2) is 9.48 Å². The van der Waals surface area contributed by atoms with Crippen molar-refractivity contribution in [1.82, 2.24) is 25.6 Å². The summed E-state index contributed by atoms with van der Waals surface area (Å²) in [5.41, 5.74) is 5.02. The maximum absolute atomic E-state index is 12.5. The van der Waals surface area contributed by atoms with E-state index in [4.69, 9.17) is 9.84 Å². The van der Waals surface area contributed by atoms with Gasteiger partial charge in [-0.3, -0.25) is 9.59 Å². The van der Waals surface area contributed by atoms with Crippen LogP contribution in [0.15, 0.2) is 54.7 Å². The maximum Gasteiger partial charge on any atom is 0.407 e. The zero-order chi connectivity index (χ0) is 24.8. The lowest BCUT2D eigenvalue weighted by Crippen LogP contribution is -2.39. The van der Waals surface area contributed by atoms with Gasteiger partial charge in [0.2, 0.25) is 5.91 Å². The van der Waals surface area contributed by atoms with Crippen molar-refractivity contribution in [2.24, 2.45) is 0 Å². The molecule has 4 rings (SSSR count). The Morgan fingerprint density at radius 1 is 1.09 bits per heavy atom. The van der Waals surface area contributed by atoms with Gasteiger partial charge in [-0.05, 0) is 28.7 Å². The second kappa shape index (κ2) is 10.8. The third-order valence-corrected chi connectivity index (χ3v) is 5.94. The van der Waals surface area contributed by atoms with Crippen LogP contribution in [0, 0.1) is 0 Å². The normalized spacial score (nSPS) is 12.9. The Balaban J connectivity index is 1.26. The fraction of sp³-hybridized carbons (Fsp3) is 0.320. The molecule has 1 atom stereocenters. The van der Waals surface area contributed by atoms with Crippen LogP contribution in [0.1, 0.15) is 42.5 Å². The smallest absolute Gasteiger partial charge is 0.407 e. The summed E-state index contributed by atoms with van der Waals surface area (Å²) >= 11 is 0. The minimum atomic E-state index is -1.03. The molecule has 1 aliphatic rings. The zero-order valence-corrected chi connectivity index (χ0v) is 19.3. The second-order valence-corrected chi connectivity index (χ2v) is 8.36. The van der Waals surface area contributed by atoms with Gasteiger partial charge in [-0.15, -0.1) is 5.10 Å². The monoisotopic (exact) mass is 477 g/mol. The van der Waals surface area contributed by atoms with Gasteiger partial charge in [0.1, 0.15) is 18.8 Å². The summed E-state index contributed by atoms with van der Waals surface area (Å²) in [5.74, 6) is -1.34. The number of fused-ring (bicyclic) bond motifs is 3. The van der Waals surface area contributed by atoms with Crippen LogP contribution in [0.25, 0.3) is 11.1 Å². The molecule has 3 N–H and O–H groups in total. The molecule has 10 nitrogen and oxygen atoms in total. The van der Waals surface area contributed by atoms with Crippen molar-refractivity contribution in [2.75, 3.05) is 6.61 Å². The molecule has 0 spiro atoms. The number of carboxylic acid groups (broad SMARTS) is 1. The Morgan fingerprint density at radius 3 is 2.37 bits per heavy atom. The lowest BCUT2D eigenvalue weighted by molar-refractivity contribution is -0.138. The van der Waals surface area contributed by atoms with E-state index < -0.39 is 18.1 Å². The molecule has 3 aromatic rings. The molecule has 10 heteroatoms. The Labute approximate surface area is 202 Å². The summed E-state index contributed by atoms with van der Waals surface area (Å²) in [5, 5.41) is 21.8. The van der Waals surface area contributed by atoms with E-state index in [9.17, 15) is 14.4 Å². The average molecular weight is 478 g/mol. The number of nitrogens with zero attached hydrogens (tertiary/aromatic N) is 3. The Bertz CT molecular complexity index is 1180. The number of hydrogen-bond donors (Lipinski definition) is 3. The van der Waals surface area contributed by atoms with Crippen LogP contribution in [0.4, 0.5) is 4.79 Å². The maximum atomic E-state index is 12.5. The zero-order valence-electron chi connectivity index (χ0n) is 19.3. The van der Waals surface area contributed by atoms with Crippen LogP contribution in [0.5, 0.6) is 0 Å². The van der Waals surface area contributed by atoms with E-state index in [2.05, 4.69) is 45.2 Å². The van der Waals surface area contributed by atoms with Crippen LogP contribution in [-0.2, 0) is 27.4 Å². The van der Waals surface area contributed by atoms with E-state index in [1.54, 1.807) is 0 Å². The Hall–Kier alpha value is -4.21. The van der Waals surface area contributed by atoms with Crippen molar-refractivity contribution in [3.8, 4) is 11.1 Å². The number of hydrogen-bond acceptors (Lipinski definition) is 6. The minimum Gasteiger partial charge on any atom is -0.480 e. The second-order valence-electron chi connectivity index (χ2n) is 8.36. The summed E-state index contributed by atoms with van der Waals surface area (Å²) < 4.78 is 6.74. The van der Waals surface area contributed by atoms with Gasteiger partial charge >= 0.3 is 12.1 Å². The highest BCUT2D eigenvalue weighted by Gasteiger charge is 2.29. The van der Waals surface area contributed by atoms with E-state index in [1.165, 1.54) is 10.9 Å². The predicted molar refractivity (Wildman–Crippen MR) is 126 cm³/mol. The van der Waals surface area contributed by atoms with Gasteiger partial charge in [0, 0.05) is 18.4 Å². The molecule has 0 saturated carbocycles. The number of aromatic nitrogens is 3. The highest BCUT2D eigenvalue weighted by molar-refractivity contribution is 5.79. The van der Waals surface area contributed by atoms with Gasteiger partial charge in [-0.1, -0.05) is 60.7 Å². The predicted octanol–water partition coefficient (Wildman–Crippen LogP) is 2.69. The Morgan fingerprint density at radius 2 is 1.74 bits per heavy atom. The molecule has 182 valence electrons. The first-order valence-corrected chi connectivity index (χ1v) is 11.4. The number of carboxylic acids is 1. The van der Waals surface area contributed by atoms with Crippen molar-refractivity contribution in [1.29, 1.82) is 0 Å². The van der Waals surface area contributed by atoms with Crippen LogP contribution >= 0.6 is 0 Å². The summed E-state index contributed by atoms with van der Waals surface area (Å²) in [6.45, 7) is 1.89. The van der Waals surface area contributed by atoms with Crippen LogP contribution in [0.3, 0.4) is 0 Å². The molecule has 1 heterocycles. The van der Waals surface area contributed by atoms with Crippen molar-refractivity contribution >= 4 is 18.0 Å². The number of carbonyl (C=O) groups excluding carboxylic acids is 2. The van der Waals surface area contributed by atoms with Crippen LogP contribution in [-0.4, -0.2) is 50.7 Å². The number of benzene rings is 2. The molecular weight excluding hydrogens is 450 g/mol. The largest absolute Gasteiger partial charge is 0.480 e. The third-order valence-electron chi connectivity index (χ3n) is 5.94. The van der Waals surface area contributed by atoms with Crippen LogP contribution in [0.2, 0.25) is 0 Å². The summed E-state index contributed by atoms with van der Waals surface area (Å²) in [6.07, 6.45) is 1.51. The van der Waals surface area contributed by atoms with Crippen molar-refractivity contribution in [3.63, 3.8) is 0 Å². The van der Waals surface area contributed by atoms with Crippen molar-refractivity contribution < 1.29 is 24.2 Å². The number of rotatable bonds is 10. The third kappa shape index (κ3) is 5.84. The number of carbonyl (C=O) groups is 3. The lowest BCUT2D eigenvalue weighted by Gasteiger charge is -2.18. The topological polar surface area (TPSA) is 135 Å². The number of ether oxygens (including phenoxy) is 1. The quantitative estimate of drug-likeness (QED) is 0.408. The van der Waals surface area contributed by atoms with E-state index in [1.807, 2.05) is 31.2 Å². The van der Waals surface area contributed by atoms with Gasteiger partial charge in [0.05, 0.1) is 12.7 Å². The van der Waals surface area contributed by atoms with E-state index >= 15 is 0 Å². The molecule has 0 aliphatic heterocycles. The molecule has 0 bridgehead atoms. The van der Waals surface area contributed by atoms with Gasteiger partial charge in [0.25, 0.3) is 0 Å². The minimum absolute atomic E-state index is 0.0360. The standard InChI is InChI=1S/C25H27N5O5/c1-2-16(11-23(31)26-12-17-13-30(29-28-17)14-24(32)33)27-25(34)35-15-22-20-9-5-3-7-18(20)19-8-4-6-10-21(19)22/h3-10,13,16,22H,2,11-12,14-15H2,1H3,(H,26,31)(H,27,34)(H,32,33)/t16-/m0/s1. The summed E-state index contributed by atoms with van der Waals surface area (Å²) in [4.78, 5) is 35.6. The first-order chi connectivity index (χ1) is 16.9. The van der Waals surface area contributed by atoms with Gasteiger partial charge < -0.3 is 20.5 Å². The van der Waals surface area contributed by atoms with Crippen molar-refractivity contribution in [3.05, 3.63) is 71.5 Å². The van der Waals surface area contributed by atoms with Crippen molar-refractivity contribution in [2.45, 2.75) is 44.8 Å². The summed E-state index contributed by atoms with van der Waals surface area (Å²) in [7, 11) is 0. The molecule has 2 amide bonds. The molecule has 35 heavy (non-hydrogen) atoms. The lowest BCUT2D eigenvalue weighted by atomic mass is 9.98. The molecule has 0 radical (unpaired) electrons.